The third-order valence-electron chi connectivity index (χ3n) is 14.6. The van der Waals surface area contributed by atoms with Crippen LogP contribution in [0.1, 0.15) is 80.3 Å². The molecular formula is C71H59ClF2N10O7. The monoisotopic (exact) mass is 1240 g/mol. The van der Waals surface area contributed by atoms with Gasteiger partial charge in [0, 0.05) is 47.4 Å². The summed E-state index contributed by atoms with van der Waals surface area (Å²) in [5, 5.41) is 32.3. The molecule has 7 heterocycles. The van der Waals surface area contributed by atoms with Gasteiger partial charge >= 0.3 is 6.11 Å². The average molecular weight is 1240 g/mol. The molecule has 0 fully saturated rings. The van der Waals surface area contributed by atoms with Crippen LogP contribution in [0.4, 0.5) is 8.78 Å². The standard InChI is InChI=1S/C25H21F2N3O3.C23H18ClN3O2.C23H20N4O2/c1-15-5-4-6-16(2)23(15)30-22(29-20-14-28-12-11-19(20)24(30)32)10-7-17-13-18(8-9-21(17)31)33-25(3,26)27;1-14-4-3-5-15(2)22(14)27-21(9-6-16-12-17(24)7-8-20(16)28)26-19-13-25-11-10-18(19)23(27)29;1-14-5-4-6-15(2)22(14)27-21(10-8-18-20(28)9-7-16(3)25-18)26-19-13-24-12-11-17(19)23(27)29/h4-14,31H,1-3H3;3-13,28H,1-2H3;4-13,28H,1-3H3/b10-7+;9-6+;10-8+. The molecule has 17 nitrogen and oxygen atoms in total. The van der Waals surface area contributed by atoms with Crippen molar-refractivity contribution in [3.63, 3.8) is 0 Å². The Hall–Kier alpha value is -11.3. The number of ether oxygens (including phenoxy) is 1. The van der Waals surface area contributed by atoms with E-state index in [9.17, 15) is 38.5 Å². The summed E-state index contributed by atoms with van der Waals surface area (Å²) < 4.78 is 35.8. The van der Waals surface area contributed by atoms with Gasteiger partial charge < -0.3 is 20.1 Å². The molecule has 0 saturated carbocycles. The highest BCUT2D eigenvalue weighted by Crippen LogP contribution is 2.31. The summed E-state index contributed by atoms with van der Waals surface area (Å²) >= 11 is 6.05. The van der Waals surface area contributed by atoms with Crippen molar-refractivity contribution in [1.29, 1.82) is 0 Å². The van der Waals surface area contributed by atoms with Crippen molar-refractivity contribution in [2.24, 2.45) is 0 Å². The number of para-hydroxylation sites is 3. The Balaban J connectivity index is 0.000000150. The third kappa shape index (κ3) is 13.9. The quantitative estimate of drug-likeness (QED) is 0.110. The molecule has 0 unspecified atom stereocenters. The van der Waals surface area contributed by atoms with Crippen LogP contribution >= 0.6 is 11.6 Å². The maximum atomic E-state index is 13.5. The highest BCUT2D eigenvalue weighted by atomic mass is 35.5. The summed E-state index contributed by atoms with van der Waals surface area (Å²) in [4.78, 5) is 70.7. The number of pyridine rings is 4. The largest absolute Gasteiger partial charge is 0.507 e. The zero-order valence-electron chi connectivity index (χ0n) is 50.6. The van der Waals surface area contributed by atoms with E-state index in [-0.39, 0.29) is 45.2 Å². The topological polar surface area (TPSA) is 226 Å². The molecule has 0 aliphatic heterocycles. The Morgan fingerprint density at radius 2 is 0.813 bits per heavy atom. The van der Waals surface area contributed by atoms with Crippen molar-refractivity contribution in [2.75, 3.05) is 0 Å². The lowest BCUT2D eigenvalue weighted by Crippen LogP contribution is -2.24. The lowest BCUT2D eigenvalue weighted by atomic mass is 10.1. The van der Waals surface area contributed by atoms with Gasteiger partial charge in [0.05, 0.1) is 68.4 Å². The summed E-state index contributed by atoms with van der Waals surface area (Å²) in [6.45, 7) is 14.1. The number of phenolic OH excluding ortho intramolecular Hbond substituents is 2. The maximum absolute atomic E-state index is 13.5. The lowest BCUT2D eigenvalue weighted by Gasteiger charge is -2.16. The number of benzene rings is 5. The minimum absolute atomic E-state index is 0.0651. The molecule has 0 aliphatic rings. The SMILES string of the molecule is Cc1ccc(O)c(/C=C/c2nc3cnccc3c(=O)n2-c2c(C)cccc2C)n1.Cc1cccc(C)c1-n1c(/C=C/c2cc(Cl)ccc2O)nc2cnccc2c1=O.Cc1cccc(C)c1-n1c(/C=C/c2cc(OC(C)(F)F)ccc2O)nc2cnccc2c1=O. The molecule has 0 atom stereocenters. The molecule has 0 saturated heterocycles. The van der Waals surface area contributed by atoms with Crippen LogP contribution in [0.25, 0.3) is 86.2 Å². The van der Waals surface area contributed by atoms with E-state index in [0.29, 0.717) is 79.1 Å². The second-order valence-electron chi connectivity index (χ2n) is 21.4. The first-order valence-electron chi connectivity index (χ1n) is 28.4. The number of halogens is 3. The predicted octanol–water partition coefficient (Wildman–Crippen LogP) is 14.2. The van der Waals surface area contributed by atoms with Gasteiger partial charge in [-0.15, -0.1) is 0 Å². The fourth-order valence-corrected chi connectivity index (χ4v) is 10.6. The van der Waals surface area contributed by atoms with E-state index in [1.807, 2.05) is 103 Å². The molecule has 91 heavy (non-hydrogen) atoms. The Morgan fingerprint density at radius 1 is 0.451 bits per heavy atom. The smallest absolute Gasteiger partial charge is 0.394 e. The molecule has 0 amide bonds. The molecule has 12 aromatic rings. The molecule has 20 heteroatoms. The molecule has 0 bridgehead atoms. The van der Waals surface area contributed by atoms with Gasteiger partial charge in [-0.2, -0.15) is 8.78 Å². The normalized spacial score (nSPS) is 11.6. The Bertz CT molecular complexity index is 4830. The number of rotatable bonds is 11. The van der Waals surface area contributed by atoms with Crippen LogP contribution in [0.3, 0.4) is 0 Å². The maximum Gasteiger partial charge on any atom is 0.394 e. The molecule has 3 N–H and O–H groups in total. The minimum Gasteiger partial charge on any atom is -0.507 e. The molecule has 12 rings (SSSR count). The summed E-state index contributed by atoms with van der Waals surface area (Å²) in [6, 6.07) is 34.3. The molecule has 0 spiro atoms. The third-order valence-corrected chi connectivity index (χ3v) is 14.9. The van der Waals surface area contributed by atoms with Crippen molar-refractivity contribution in [3.8, 4) is 40.1 Å². The predicted molar refractivity (Wildman–Crippen MR) is 354 cm³/mol. The fourth-order valence-electron chi connectivity index (χ4n) is 10.4. The second kappa shape index (κ2) is 26.6. The zero-order valence-corrected chi connectivity index (χ0v) is 51.3. The van der Waals surface area contributed by atoms with E-state index in [2.05, 4.69) is 39.6 Å². The Morgan fingerprint density at radius 3 is 1.21 bits per heavy atom. The van der Waals surface area contributed by atoms with Gasteiger partial charge in [-0.05, 0) is 185 Å². The molecular weight excluding hydrogens is 1180 g/mol. The number of hydrogen-bond acceptors (Lipinski definition) is 14. The van der Waals surface area contributed by atoms with E-state index in [1.165, 1.54) is 47.3 Å². The number of alkyl halides is 2. The molecule has 7 aromatic heterocycles. The van der Waals surface area contributed by atoms with Gasteiger partial charge in [-0.3, -0.25) is 43.0 Å². The molecule has 456 valence electrons. The van der Waals surface area contributed by atoms with Gasteiger partial charge in [-0.25, -0.2) is 19.9 Å². The number of phenols is 2. The summed E-state index contributed by atoms with van der Waals surface area (Å²) in [7, 11) is 0. The van der Waals surface area contributed by atoms with Crippen molar-refractivity contribution >= 4 is 80.8 Å². The van der Waals surface area contributed by atoms with Crippen molar-refractivity contribution in [1.82, 2.24) is 48.6 Å². The van der Waals surface area contributed by atoms with Crippen LogP contribution in [-0.2, 0) is 0 Å². The fraction of sp³-hybridized carbons (Fsp3) is 0.127. The first-order chi connectivity index (χ1) is 43.5. The van der Waals surface area contributed by atoms with Gasteiger partial charge in [0.25, 0.3) is 16.7 Å². The Kier molecular flexibility index (Phi) is 18.3. The number of aromatic hydroxyl groups is 3. The van der Waals surface area contributed by atoms with E-state index < -0.39 is 6.11 Å². The van der Waals surface area contributed by atoms with Crippen molar-refractivity contribution in [3.05, 3.63) is 268 Å². The zero-order chi connectivity index (χ0) is 64.8. The number of hydrogen-bond donors (Lipinski definition) is 3. The van der Waals surface area contributed by atoms with E-state index in [0.717, 1.165) is 50.4 Å². The lowest BCUT2D eigenvalue weighted by molar-refractivity contribution is -0.159. The van der Waals surface area contributed by atoms with Gasteiger partial charge in [0.15, 0.2) is 0 Å². The number of aryl methyl sites for hydroxylation is 7. The van der Waals surface area contributed by atoms with Crippen molar-refractivity contribution < 1.29 is 28.8 Å². The first-order valence-corrected chi connectivity index (χ1v) is 28.8. The van der Waals surface area contributed by atoms with Gasteiger partial charge in [0.1, 0.15) is 46.2 Å². The summed E-state index contributed by atoms with van der Waals surface area (Å²) in [5.74, 6) is 1.08. The van der Waals surface area contributed by atoms with Crippen LogP contribution in [0, 0.1) is 48.5 Å². The van der Waals surface area contributed by atoms with Gasteiger partial charge in [0.2, 0.25) is 0 Å². The highest BCUT2D eigenvalue weighted by molar-refractivity contribution is 6.30. The van der Waals surface area contributed by atoms with Crippen LogP contribution in [0.2, 0.25) is 5.02 Å². The second-order valence-corrected chi connectivity index (χ2v) is 21.9. The molecule has 5 aromatic carbocycles. The van der Waals surface area contributed by atoms with Crippen LogP contribution < -0.4 is 21.4 Å². The summed E-state index contributed by atoms with van der Waals surface area (Å²) in [6.07, 6.45) is 15.8. The van der Waals surface area contributed by atoms with E-state index in [4.69, 9.17) is 11.6 Å². The summed E-state index contributed by atoms with van der Waals surface area (Å²) in [5.41, 5.74) is 10.7. The number of aromatic nitrogens is 10. The average Bonchev–Trinajstić information content (AvgIpc) is 0.821. The number of nitrogens with zero attached hydrogens (tertiary/aromatic N) is 10. The van der Waals surface area contributed by atoms with Crippen molar-refractivity contribution in [2.45, 2.75) is 61.5 Å². The molecule has 0 aliphatic carbocycles. The van der Waals surface area contributed by atoms with Crippen LogP contribution in [0.15, 0.2) is 173 Å². The minimum atomic E-state index is -3.37. The Labute approximate surface area is 525 Å². The van der Waals surface area contributed by atoms with Crippen LogP contribution in [0.5, 0.6) is 23.0 Å². The number of fused-ring (bicyclic) bond motifs is 3. The van der Waals surface area contributed by atoms with E-state index in [1.54, 1.807) is 107 Å². The van der Waals surface area contributed by atoms with Crippen LogP contribution in [-0.4, -0.2) is 70.0 Å². The van der Waals surface area contributed by atoms with E-state index >= 15 is 0 Å². The van der Waals surface area contributed by atoms with Gasteiger partial charge in [-0.1, -0.05) is 66.2 Å². The molecule has 0 radical (unpaired) electrons. The first kappa shape index (κ1) is 62.7. The highest BCUT2D eigenvalue weighted by Gasteiger charge is 2.24.